The fourth-order valence-corrected chi connectivity index (χ4v) is 3.60. The Morgan fingerprint density at radius 1 is 1.13 bits per heavy atom. The molecule has 122 valence electrons. The third-order valence-corrected chi connectivity index (χ3v) is 5.19. The van der Waals surface area contributed by atoms with Gasteiger partial charge in [0.25, 0.3) is 0 Å². The van der Waals surface area contributed by atoms with Crippen molar-refractivity contribution in [1.29, 1.82) is 0 Å². The van der Waals surface area contributed by atoms with Crippen LogP contribution in [0.15, 0.2) is 45.5 Å². The van der Waals surface area contributed by atoms with E-state index in [0.717, 1.165) is 5.92 Å². The largest absolute Gasteiger partial charge is 0.442 e. The maximum Gasteiger partial charge on any atom is 0.379 e. The topological polar surface area (TPSA) is 39.4 Å². The summed E-state index contributed by atoms with van der Waals surface area (Å²) in [5.41, 5.74) is 1.35. The van der Waals surface area contributed by atoms with Crippen molar-refractivity contribution in [2.24, 2.45) is 5.92 Å². The second kappa shape index (κ2) is 7.35. The van der Waals surface area contributed by atoms with Gasteiger partial charge in [-0.2, -0.15) is 0 Å². The molecule has 0 bridgehead atoms. The van der Waals surface area contributed by atoms with Crippen LogP contribution in [0.5, 0.6) is 5.75 Å². The molecular formula is C19H21BrO3. The molecule has 23 heavy (non-hydrogen) atoms. The van der Waals surface area contributed by atoms with Crippen LogP contribution < -0.4 is 4.74 Å². The number of hydrogen-bond donors (Lipinski definition) is 0. The molecule has 0 unspecified atom stereocenters. The summed E-state index contributed by atoms with van der Waals surface area (Å²) in [6.45, 7) is 2.28. The zero-order chi connectivity index (χ0) is 16.2. The lowest BCUT2D eigenvalue weighted by molar-refractivity contribution is 0.0700. The van der Waals surface area contributed by atoms with E-state index in [0.29, 0.717) is 16.3 Å². The summed E-state index contributed by atoms with van der Waals surface area (Å²) < 4.78 is 11.1. The molecule has 0 aliphatic heterocycles. The average Bonchev–Trinajstić information content (AvgIpc) is 3.02. The first kappa shape index (κ1) is 16.3. The minimum absolute atomic E-state index is 0.193. The second-order valence-electron chi connectivity index (χ2n) is 6.19. The van der Waals surface area contributed by atoms with Gasteiger partial charge in [0.15, 0.2) is 4.67 Å². The van der Waals surface area contributed by atoms with Gasteiger partial charge < -0.3 is 9.15 Å². The molecule has 2 aromatic rings. The van der Waals surface area contributed by atoms with Crippen molar-refractivity contribution >= 4 is 21.9 Å². The van der Waals surface area contributed by atoms with Crippen LogP contribution in [0.3, 0.4) is 0 Å². The first-order chi connectivity index (χ1) is 11.2. The van der Waals surface area contributed by atoms with Gasteiger partial charge in [0.1, 0.15) is 5.75 Å². The highest BCUT2D eigenvalue weighted by molar-refractivity contribution is 9.10. The number of rotatable bonds is 4. The van der Waals surface area contributed by atoms with Crippen LogP contribution in [-0.2, 0) is 0 Å². The number of hydrogen-bond acceptors (Lipinski definition) is 3. The minimum atomic E-state index is -0.480. The average molecular weight is 377 g/mol. The van der Waals surface area contributed by atoms with Gasteiger partial charge in [-0.05, 0) is 83.3 Å². The first-order valence-electron chi connectivity index (χ1n) is 8.23. The number of ether oxygens (including phenoxy) is 1. The fourth-order valence-electron chi connectivity index (χ4n) is 3.29. The van der Waals surface area contributed by atoms with Crippen molar-refractivity contribution in [3.63, 3.8) is 0 Å². The predicted octanol–water partition coefficient (Wildman–Crippen LogP) is 5.95. The van der Waals surface area contributed by atoms with Gasteiger partial charge >= 0.3 is 5.97 Å². The lowest BCUT2D eigenvalue weighted by atomic mass is 9.78. The summed E-state index contributed by atoms with van der Waals surface area (Å²) >= 11 is 3.17. The highest BCUT2D eigenvalue weighted by atomic mass is 79.9. The molecule has 0 radical (unpaired) electrons. The van der Waals surface area contributed by atoms with Crippen molar-refractivity contribution < 1.29 is 13.9 Å². The highest BCUT2D eigenvalue weighted by Crippen LogP contribution is 2.37. The van der Waals surface area contributed by atoms with Crippen molar-refractivity contribution in [1.82, 2.24) is 0 Å². The molecule has 0 N–H and O–H groups in total. The normalized spacial score (nSPS) is 21.1. The van der Waals surface area contributed by atoms with Crippen LogP contribution in [0.2, 0.25) is 0 Å². The van der Waals surface area contributed by atoms with E-state index in [9.17, 15) is 4.79 Å². The lowest BCUT2D eigenvalue weighted by Crippen LogP contribution is -2.12. The third kappa shape index (κ3) is 4.05. The molecular weight excluding hydrogens is 356 g/mol. The number of benzene rings is 1. The third-order valence-electron chi connectivity index (χ3n) is 4.76. The molecule has 1 saturated carbocycles. The second-order valence-corrected chi connectivity index (χ2v) is 6.97. The van der Waals surface area contributed by atoms with Gasteiger partial charge in [-0.25, -0.2) is 4.79 Å². The van der Waals surface area contributed by atoms with Gasteiger partial charge in [0, 0.05) is 0 Å². The summed E-state index contributed by atoms with van der Waals surface area (Å²) in [6.07, 6.45) is 6.47. The van der Waals surface area contributed by atoms with Crippen molar-refractivity contribution in [2.75, 3.05) is 0 Å². The predicted molar refractivity (Wildman–Crippen MR) is 92.8 cm³/mol. The molecule has 1 aromatic carbocycles. The number of carbonyl (C=O) groups is 1. The van der Waals surface area contributed by atoms with E-state index in [-0.39, 0.29) is 5.76 Å². The zero-order valence-corrected chi connectivity index (χ0v) is 14.8. The molecule has 0 spiro atoms. The Hall–Kier alpha value is -1.55. The Labute approximate surface area is 145 Å². The summed E-state index contributed by atoms with van der Waals surface area (Å²) in [6, 6.07) is 11.2. The monoisotopic (exact) mass is 376 g/mol. The van der Waals surface area contributed by atoms with E-state index in [4.69, 9.17) is 9.15 Å². The van der Waals surface area contributed by atoms with Crippen LogP contribution >= 0.6 is 15.9 Å². The number of carbonyl (C=O) groups excluding carboxylic acids is 1. The Bertz CT molecular complexity index is 652. The van der Waals surface area contributed by atoms with Crippen molar-refractivity contribution in [3.05, 3.63) is 52.4 Å². The van der Waals surface area contributed by atoms with E-state index in [1.807, 2.05) is 12.1 Å². The van der Waals surface area contributed by atoms with Crippen LogP contribution in [0.1, 0.15) is 61.1 Å². The molecule has 1 aliphatic rings. The Kier molecular flexibility index (Phi) is 5.21. The van der Waals surface area contributed by atoms with Crippen LogP contribution in [0.4, 0.5) is 0 Å². The number of esters is 1. The molecule has 1 aliphatic carbocycles. The van der Waals surface area contributed by atoms with Crippen LogP contribution in [0.25, 0.3) is 0 Å². The van der Waals surface area contributed by atoms with E-state index in [2.05, 4.69) is 35.0 Å². The molecule has 3 rings (SSSR count). The summed E-state index contributed by atoms with van der Waals surface area (Å²) in [7, 11) is 0. The fraction of sp³-hybridized carbons (Fsp3) is 0.421. The van der Waals surface area contributed by atoms with Crippen LogP contribution in [0, 0.1) is 5.92 Å². The minimum Gasteiger partial charge on any atom is -0.442 e. The molecule has 1 heterocycles. The molecule has 0 atom stereocenters. The van der Waals surface area contributed by atoms with Crippen molar-refractivity contribution in [2.45, 2.75) is 44.9 Å². The van der Waals surface area contributed by atoms with E-state index < -0.39 is 5.97 Å². The van der Waals surface area contributed by atoms with Crippen molar-refractivity contribution in [3.8, 4) is 5.75 Å². The van der Waals surface area contributed by atoms with E-state index in [1.165, 1.54) is 37.7 Å². The zero-order valence-electron chi connectivity index (χ0n) is 13.3. The van der Waals surface area contributed by atoms with Gasteiger partial charge in [-0.15, -0.1) is 0 Å². The maximum atomic E-state index is 11.9. The SMILES string of the molecule is CCC1CCC(c2ccc(OC(=O)c3ccc(Br)o3)cc2)CC1. The molecule has 3 nitrogen and oxygen atoms in total. The molecule has 1 aromatic heterocycles. The quantitative estimate of drug-likeness (QED) is 0.489. The molecule has 0 amide bonds. The molecule has 4 heteroatoms. The molecule has 0 saturated heterocycles. The van der Waals surface area contributed by atoms with E-state index >= 15 is 0 Å². The lowest BCUT2D eigenvalue weighted by Gasteiger charge is -2.28. The first-order valence-corrected chi connectivity index (χ1v) is 9.02. The Morgan fingerprint density at radius 3 is 2.39 bits per heavy atom. The number of furan rings is 1. The summed E-state index contributed by atoms with van der Waals surface area (Å²) in [5.74, 6) is 1.81. The van der Waals surface area contributed by atoms with Crippen LogP contribution in [-0.4, -0.2) is 5.97 Å². The highest BCUT2D eigenvalue weighted by Gasteiger charge is 2.21. The molecule has 1 fully saturated rings. The summed E-state index contributed by atoms with van der Waals surface area (Å²) in [5, 5.41) is 0. The number of halogens is 1. The Balaban J connectivity index is 1.60. The smallest absolute Gasteiger partial charge is 0.379 e. The van der Waals surface area contributed by atoms with Gasteiger partial charge in [0.2, 0.25) is 5.76 Å². The maximum absolute atomic E-state index is 11.9. The summed E-state index contributed by atoms with van der Waals surface area (Å²) in [4.78, 5) is 11.9. The standard InChI is InChI=1S/C19H21BrO3/c1-2-13-3-5-14(6-4-13)15-7-9-16(10-8-15)22-19(21)17-11-12-18(20)23-17/h7-14H,2-6H2,1H3. The van der Waals surface area contributed by atoms with E-state index in [1.54, 1.807) is 12.1 Å². The van der Waals surface area contributed by atoms with Gasteiger partial charge in [-0.1, -0.05) is 25.5 Å². The van der Waals surface area contributed by atoms with Gasteiger partial charge in [0.05, 0.1) is 0 Å². The van der Waals surface area contributed by atoms with Gasteiger partial charge in [-0.3, -0.25) is 0 Å². The Morgan fingerprint density at radius 2 is 1.83 bits per heavy atom.